The monoisotopic (exact) mass is 467 g/mol. The highest BCUT2D eigenvalue weighted by Crippen LogP contribution is 2.24. The van der Waals surface area contributed by atoms with Crippen LogP contribution in [0.25, 0.3) is 21.9 Å². The summed E-state index contributed by atoms with van der Waals surface area (Å²) in [7, 11) is 3.60. The van der Waals surface area contributed by atoms with E-state index in [1.54, 1.807) is 29.4 Å². The smallest absolute Gasteiger partial charge is 0.328 e. The van der Waals surface area contributed by atoms with Crippen molar-refractivity contribution < 1.29 is 0 Å². The molecule has 0 radical (unpaired) electrons. The number of anilines is 1. The number of hydrogen-bond acceptors (Lipinski definition) is 4. The molecule has 0 spiro atoms. The third-order valence-corrected chi connectivity index (χ3v) is 5.22. The van der Waals surface area contributed by atoms with Crippen molar-refractivity contribution in [1.29, 1.82) is 0 Å². The van der Waals surface area contributed by atoms with E-state index in [-0.39, 0.29) is 30.5 Å². The van der Waals surface area contributed by atoms with Gasteiger partial charge >= 0.3 is 5.69 Å². The molecule has 0 unspecified atom stereocenters. The molecule has 160 valence electrons. The van der Waals surface area contributed by atoms with E-state index < -0.39 is 0 Å². The lowest BCUT2D eigenvalue weighted by molar-refractivity contribution is 0.707. The molecule has 0 fully saturated rings. The molecule has 4 aromatic rings. The number of hydrogen-bond donors (Lipinski definition) is 2. The Hall–Kier alpha value is -2.25. The lowest BCUT2D eigenvalue weighted by Gasteiger charge is -2.10. The number of nitrogens with zero attached hydrogens (tertiary/aromatic N) is 3. The molecule has 0 aliphatic heterocycles. The van der Waals surface area contributed by atoms with Gasteiger partial charge in [-0.1, -0.05) is 17.7 Å². The van der Waals surface area contributed by atoms with Gasteiger partial charge in [0, 0.05) is 56.0 Å². The zero-order valence-electron chi connectivity index (χ0n) is 16.7. The maximum absolute atomic E-state index is 12.0. The van der Waals surface area contributed by atoms with Crippen molar-refractivity contribution in [2.75, 3.05) is 18.4 Å². The fourth-order valence-electron chi connectivity index (χ4n) is 3.46. The van der Waals surface area contributed by atoms with E-state index in [0.717, 1.165) is 52.8 Å². The number of rotatable bonds is 6. The lowest BCUT2D eigenvalue weighted by atomic mass is 10.2. The summed E-state index contributed by atoms with van der Waals surface area (Å²) in [6.45, 7) is 2.34. The summed E-state index contributed by atoms with van der Waals surface area (Å²) >= 11 is 6.04. The largest absolute Gasteiger partial charge is 0.383 e. The standard InChI is InChI=1S/C21H22ClN5O.2ClH/c1-26-19-6-3-14(11-20(19)27(2)21(26)28)13-23-9-10-25-17-7-8-24-18-12-15(22)4-5-16(17)18;;/h3-8,11-12,23H,9-10,13H2,1-2H3,(H,24,25);2*1H. The molecule has 2 N–H and O–H groups in total. The first-order chi connectivity index (χ1) is 13.5. The molecule has 4 rings (SSSR count). The Morgan fingerprint density at radius 1 is 0.967 bits per heavy atom. The quantitative estimate of drug-likeness (QED) is 0.418. The van der Waals surface area contributed by atoms with Crippen LogP contribution in [-0.4, -0.2) is 27.2 Å². The maximum atomic E-state index is 12.0. The normalized spacial score (nSPS) is 10.6. The van der Waals surface area contributed by atoms with Crippen molar-refractivity contribution >= 4 is 64.0 Å². The highest BCUT2D eigenvalue weighted by Gasteiger charge is 2.08. The van der Waals surface area contributed by atoms with Gasteiger partial charge in [0.25, 0.3) is 0 Å². The van der Waals surface area contributed by atoms with Gasteiger partial charge < -0.3 is 10.6 Å². The number of fused-ring (bicyclic) bond motifs is 2. The first kappa shape index (κ1) is 24.0. The first-order valence-electron chi connectivity index (χ1n) is 9.18. The molecule has 9 heteroatoms. The zero-order chi connectivity index (χ0) is 19.7. The second-order valence-electron chi connectivity index (χ2n) is 6.85. The number of aryl methyl sites for hydroxylation is 2. The van der Waals surface area contributed by atoms with E-state index in [2.05, 4.69) is 27.8 Å². The van der Waals surface area contributed by atoms with Gasteiger partial charge in [0.15, 0.2) is 0 Å². The minimum Gasteiger partial charge on any atom is -0.383 e. The van der Waals surface area contributed by atoms with Crippen LogP contribution < -0.4 is 16.3 Å². The Morgan fingerprint density at radius 3 is 2.53 bits per heavy atom. The average Bonchev–Trinajstić information content (AvgIpc) is 2.91. The molecule has 0 saturated carbocycles. The SMILES string of the molecule is Cl.Cl.Cn1c(=O)n(C)c2cc(CNCCNc3ccnc4cc(Cl)ccc34)ccc21. The van der Waals surface area contributed by atoms with Crippen LogP contribution in [0.15, 0.2) is 53.5 Å². The molecule has 0 atom stereocenters. The fraction of sp³-hybridized carbons (Fsp3) is 0.238. The maximum Gasteiger partial charge on any atom is 0.328 e. The van der Waals surface area contributed by atoms with Gasteiger partial charge in [0.05, 0.1) is 16.6 Å². The molecule has 0 aliphatic carbocycles. The average molecular weight is 469 g/mol. The highest BCUT2D eigenvalue weighted by atomic mass is 35.5. The molecule has 30 heavy (non-hydrogen) atoms. The van der Waals surface area contributed by atoms with Gasteiger partial charge in [-0.3, -0.25) is 14.1 Å². The van der Waals surface area contributed by atoms with Crippen molar-refractivity contribution in [1.82, 2.24) is 19.4 Å². The van der Waals surface area contributed by atoms with Crippen LogP contribution in [0.4, 0.5) is 5.69 Å². The van der Waals surface area contributed by atoms with Crippen molar-refractivity contribution in [3.05, 3.63) is 69.7 Å². The van der Waals surface area contributed by atoms with E-state index in [9.17, 15) is 4.79 Å². The summed E-state index contributed by atoms with van der Waals surface area (Å²) in [5, 5.41) is 8.63. The van der Waals surface area contributed by atoms with Gasteiger partial charge in [-0.15, -0.1) is 24.8 Å². The van der Waals surface area contributed by atoms with Gasteiger partial charge in [-0.25, -0.2) is 4.79 Å². The van der Waals surface area contributed by atoms with Gasteiger partial charge in [-0.05, 0) is 42.0 Å². The Kier molecular flexibility index (Phi) is 8.15. The van der Waals surface area contributed by atoms with Crippen LogP contribution in [0.5, 0.6) is 0 Å². The number of halogens is 3. The number of imidazole rings is 1. The van der Waals surface area contributed by atoms with E-state index in [1.807, 2.05) is 30.3 Å². The van der Waals surface area contributed by atoms with Crippen LogP contribution in [0, 0.1) is 0 Å². The number of pyridine rings is 1. The summed E-state index contributed by atoms with van der Waals surface area (Å²) in [6.07, 6.45) is 1.79. The van der Waals surface area contributed by atoms with E-state index >= 15 is 0 Å². The second kappa shape index (κ2) is 10.2. The predicted molar refractivity (Wildman–Crippen MR) is 130 cm³/mol. The Bertz CT molecular complexity index is 1220. The summed E-state index contributed by atoms with van der Waals surface area (Å²) < 4.78 is 3.35. The van der Waals surface area contributed by atoms with Crippen LogP contribution >= 0.6 is 36.4 Å². The zero-order valence-corrected chi connectivity index (χ0v) is 19.1. The van der Waals surface area contributed by atoms with Gasteiger partial charge in [0.2, 0.25) is 0 Å². The molecule has 0 saturated heterocycles. The van der Waals surface area contributed by atoms with E-state index in [0.29, 0.717) is 5.02 Å². The molecule has 2 aromatic heterocycles. The van der Waals surface area contributed by atoms with Crippen LogP contribution in [0.1, 0.15) is 5.56 Å². The van der Waals surface area contributed by atoms with E-state index in [4.69, 9.17) is 11.6 Å². The molecule has 2 heterocycles. The van der Waals surface area contributed by atoms with Crippen molar-refractivity contribution in [2.24, 2.45) is 14.1 Å². The third kappa shape index (κ3) is 4.73. The minimum atomic E-state index is -0.00447. The Morgan fingerprint density at radius 2 is 1.73 bits per heavy atom. The van der Waals surface area contributed by atoms with E-state index in [1.165, 1.54) is 0 Å². The first-order valence-corrected chi connectivity index (χ1v) is 9.55. The summed E-state index contributed by atoms with van der Waals surface area (Å²) in [6, 6.07) is 13.8. The molecule has 6 nitrogen and oxygen atoms in total. The second-order valence-corrected chi connectivity index (χ2v) is 7.28. The third-order valence-electron chi connectivity index (χ3n) is 4.99. The van der Waals surface area contributed by atoms with Crippen LogP contribution in [0.2, 0.25) is 5.02 Å². The topological polar surface area (TPSA) is 63.9 Å². The fourth-order valence-corrected chi connectivity index (χ4v) is 3.62. The Balaban J connectivity index is 0.00000160. The van der Waals surface area contributed by atoms with Gasteiger partial charge in [-0.2, -0.15) is 0 Å². The minimum absolute atomic E-state index is 0. The van der Waals surface area contributed by atoms with Crippen molar-refractivity contribution in [3.8, 4) is 0 Å². The molecule has 0 amide bonds. The van der Waals surface area contributed by atoms with Crippen molar-refractivity contribution in [3.63, 3.8) is 0 Å². The Labute approximate surface area is 192 Å². The molecule has 0 bridgehead atoms. The van der Waals surface area contributed by atoms with Crippen molar-refractivity contribution in [2.45, 2.75) is 6.54 Å². The number of nitrogens with one attached hydrogen (secondary N) is 2. The van der Waals surface area contributed by atoms with Crippen LogP contribution in [0.3, 0.4) is 0 Å². The summed E-state index contributed by atoms with van der Waals surface area (Å²) in [5.74, 6) is 0. The molecular formula is C21H24Cl3N5O. The highest BCUT2D eigenvalue weighted by molar-refractivity contribution is 6.31. The number of aromatic nitrogens is 3. The lowest BCUT2D eigenvalue weighted by Crippen LogP contribution is -2.21. The molecular weight excluding hydrogens is 445 g/mol. The summed E-state index contributed by atoms with van der Waals surface area (Å²) in [4.78, 5) is 16.4. The predicted octanol–water partition coefficient (Wildman–Crippen LogP) is 4.12. The van der Waals surface area contributed by atoms with Crippen LogP contribution in [-0.2, 0) is 20.6 Å². The number of benzene rings is 2. The molecule has 2 aromatic carbocycles. The molecule has 0 aliphatic rings. The summed E-state index contributed by atoms with van der Waals surface area (Å²) in [5.41, 5.74) is 4.97. The van der Waals surface area contributed by atoms with Gasteiger partial charge in [0.1, 0.15) is 0 Å².